The minimum absolute atomic E-state index is 0.786. The number of anilines is 2. The maximum Gasteiger partial charge on any atom is 0.0437 e. The van der Waals surface area contributed by atoms with Gasteiger partial charge in [0, 0.05) is 18.4 Å². The van der Waals surface area contributed by atoms with E-state index in [-0.39, 0.29) is 0 Å². The van der Waals surface area contributed by atoms with Crippen LogP contribution in [0.15, 0.2) is 42.5 Å². The lowest BCUT2D eigenvalue weighted by Crippen LogP contribution is -2.11. The van der Waals surface area contributed by atoms with Crippen molar-refractivity contribution in [2.24, 2.45) is 0 Å². The summed E-state index contributed by atoms with van der Waals surface area (Å²) in [5.74, 6) is 0.786. The van der Waals surface area contributed by atoms with Gasteiger partial charge in [0.2, 0.25) is 0 Å². The van der Waals surface area contributed by atoms with E-state index in [4.69, 9.17) is 0 Å². The van der Waals surface area contributed by atoms with Crippen LogP contribution < -0.4 is 4.90 Å². The molecular formula is C21H27N. The highest BCUT2D eigenvalue weighted by Gasteiger charge is 2.15. The topological polar surface area (TPSA) is 3.24 Å². The summed E-state index contributed by atoms with van der Waals surface area (Å²) < 4.78 is 0. The molecule has 1 aliphatic carbocycles. The van der Waals surface area contributed by atoms with Crippen molar-refractivity contribution in [3.63, 3.8) is 0 Å². The third-order valence-electron chi connectivity index (χ3n) is 5.07. The molecule has 0 aromatic heterocycles. The van der Waals surface area contributed by atoms with Crippen molar-refractivity contribution < 1.29 is 0 Å². The van der Waals surface area contributed by atoms with Crippen molar-refractivity contribution in [1.82, 2.24) is 0 Å². The highest BCUT2D eigenvalue weighted by molar-refractivity contribution is 5.66. The smallest absolute Gasteiger partial charge is 0.0437 e. The zero-order chi connectivity index (χ0) is 15.5. The van der Waals surface area contributed by atoms with E-state index in [0.29, 0.717) is 0 Å². The molecule has 2 aromatic rings. The highest BCUT2D eigenvalue weighted by Crippen LogP contribution is 2.34. The first-order valence-corrected chi connectivity index (χ1v) is 8.56. The molecule has 0 bridgehead atoms. The second-order valence-corrected chi connectivity index (χ2v) is 6.78. The van der Waals surface area contributed by atoms with Gasteiger partial charge in [0.05, 0.1) is 0 Å². The SMILES string of the molecule is Cc1ccc(N(C)c2ccc(C3CCCCC3)cc2)c(C)c1. The second kappa shape index (κ2) is 6.56. The van der Waals surface area contributed by atoms with Gasteiger partial charge in [-0.2, -0.15) is 0 Å². The monoisotopic (exact) mass is 293 g/mol. The van der Waals surface area contributed by atoms with Crippen LogP contribution in [0.25, 0.3) is 0 Å². The number of hydrogen-bond acceptors (Lipinski definition) is 1. The fourth-order valence-electron chi connectivity index (χ4n) is 3.73. The summed E-state index contributed by atoms with van der Waals surface area (Å²) >= 11 is 0. The van der Waals surface area contributed by atoms with Crippen LogP contribution in [0.3, 0.4) is 0 Å². The molecule has 1 fully saturated rings. The van der Waals surface area contributed by atoms with E-state index in [9.17, 15) is 0 Å². The van der Waals surface area contributed by atoms with Crippen LogP contribution in [0.2, 0.25) is 0 Å². The quantitative estimate of drug-likeness (QED) is 0.659. The average Bonchev–Trinajstić information content (AvgIpc) is 2.55. The van der Waals surface area contributed by atoms with E-state index < -0.39 is 0 Å². The number of nitrogens with zero attached hydrogens (tertiary/aromatic N) is 1. The molecule has 0 spiro atoms. The zero-order valence-electron chi connectivity index (χ0n) is 14.1. The Balaban J connectivity index is 1.79. The summed E-state index contributed by atoms with van der Waals surface area (Å²) in [5, 5.41) is 0. The lowest BCUT2D eigenvalue weighted by Gasteiger charge is -2.25. The Bertz CT molecular complexity index is 621. The minimum atomic E-state index is 0.786. The van der Waals surface area contributed by atoms with Crippen molar-refractivity contribution in [3.8, 4) is 0 Å². The first-order chi connectivity index (χ1) is 10.6. The summed E-state index contributed by atoms with van der Waals surface area (Å²) in [6.45, 7) is 4.34. The van der Waals surface area contributed by atoms with E-state index in [0.717, 1.165) is 5.92 Å². The molecule has 1 heteroatoms. The van der Waals surface area contributed by atoms with E-state index in [2.05, 4.69) is 68.3 Å². The first kappa shape index (κ1) is 15.1. The van der Waals surface area contributed by atoms with Crippen LogP contribution in [0, 0.1) is 13.8 Å². The van der Waals surface area contributed by atoms with Gasteiger partial charge in [-0.3, -0.25) is 0 Å². The molecule has 2 aromatic carbocycles. The Hall–Kier alpha value is -1.76. The van der Waals surface area contributed by atoms with Crippen LogP contribution in [0.5, 0.6) is 0 Å². The van der Waals surface area contributed by atoms with Crippen molar-refractivity contribution in [2.75, 3.05) is 11.9 Å². The molecular weight excluding hydrogens is 266 g/mol. The molecule has 116 valence electrons. The average molecular weight is 293 g/mol. The molecule has 0 saturated heterocycles. The van der Waals surface area contributed by atoms with Gasteiger partial charge in [-0.15, -0.1) is 0 Å². The standard InChI is InChI=1S/C21H27N/c1-16-9-14-21(17(2)15-16)22(3)20-12-10-19(11-13-20)18-7-5-4-6-8-18/h9-15,18H,4-8H2,1-3H3. The van der Waals surface area contributed by atoms with E-state index in [1.54, 1.807) is 0 Å². The Kier molecular flexibility index (Phi) is 4.52. The van der Waals surface area contributed by atoms with Crippen LogP contribution in [-0.2, 0) is 0 Å². The van der Waals surface area contributed by atoms with E-state index >= 15 is 0 Å². The molecule has 0 amide bonds. The fraction of sp³-hybridized carbons (Fsp3) is 0.429. The normalized spacial score (nSPS) is 15.8. The van der Waals surface area contributed by atoms with Gasteiger partial charge in [0.15, 0.2) is 0 Å². The van der Waals surface area contributed by atoms with Crippen molar-refractivity contribution in [2.45, 2.75) is 51.9 Å². The number of rotatable bonds is 3. The summed E-state index contributed by atoms with van der Waals surface area (Å²) in [6.07, 6.45) is 6.95. The molecule has 1 aliphatic rings. The van der Waals surface area contributed by atoms with Crippen LogP contribution in [0.4, 0.5) is 11.4 Å². The van der Waals surface area contributed by atoms with Crippen LogP contribution >= 0.6 is 0 Å². The zero-order valence-corrected chi connectivity index (χ0v) is 14.1. The third-order valence-corrected chi connectivity index (χ3v) is 5.07. The molecule has 0 aliphatic heterocycles. The van der Waals surface area contributed by atoms with E-state index in [1.807, 2.05) is 0 Å². The van der Waals surface area contributed by atoms with Gasteiger partial charge in [-0.05, 0) is 61.9 Å². The third kappa shape index (κ3) is 3.19. The Morgan fingerprint density at radius 2 is 1.55 bits per heavy atom. The van der Waals surface area contributed by atoms with Crippen LogP contribution in [0.1, 0.15) is 54.7 Å². The summed E-state index contributed by atoms with van der Waals surface area (Å²) in [4.78, 5) is 2.29. The molecule has 3 rings (SSSR count). The number of aryl methyl sites for hydroxylation is 2. The van der Waals surface area contributed by atoms with Gasteiger partial charge in [-0.1, -0.05) is 49.1 Å². The van der Waals surface area contributed by atoms with Gasteiger partial charge in [0.1, 0.15) is 0 Å². The molecule has 0 atom stereocenters. The maximum absolute atomic E-state index is 2.34. The van der Waals surface area contributed by atoms with E-state index in [1.165, 1.54) is 60.2 Å². The Morgan fingerprint density at radius 1 is 0.864 bits per heavy atom. The number of hydrogen-bond donors (Lipinski definition) is 0. The fourth-order valence-corrected chi connectivity index (χ4v) is 3.73. The molecule has 22 heavy (non-hydrogen) atoms. The number of benzene rings is 2. The molecule has 0 heterocycles. The summed E-state index contributed by atoms with van der Waals surface area (Å²) in [6, 6.07) is 15.9. The summed E-state index contributed by atoms with van der Waals surface area (Å²) in [7, 11) is 2.16. The Labute approximate surface area is 135 Å². The lowest BCUT2D eigenvalue weighted by atomic mass is 9.84. The predicted octanol–water partition coefficient (Wildman–Crippen LogP) is 6.12. The molecule has 0 radical (unpaired) electrons. The lowest BCUT2D eigenvalue weighted by molar-refractivity contribution is 0.443. The van der Waals surface area contributed by atoms with Crippen LogP contribution in [-0.4, -0.2) is 7.05 Å². The molecule has 1 nitrogen and oxygen atoms in total. The van der Waals surface area contributed by atoms with Gasteiger partial charge in [-0.25, -0.2) is 0 Å². The second-order valence-electron chi connectivity index (χ2n) is 6.78. The van der Waals surface area contributed by atoms with Crippen molar-refractivity contribution in [1.29, 1.82) is 0 Å². The summed E-state index contributed by atoms with van der Waals surface area (Å²) in [5.41, 5.74) is 6.74. The minimum Gasteiger partial charge on any atom is -0.344 e. The van der Waals surface area contributed by atoms with Gasteiger partial charge in [0.25, 0.3) is 0 Å². The maximum atomic E-state index is 2.34. The molecule has 0 N–H and O–H groups in total. The highest BCUT2D eigenvalue weighted by atomic mass is 15.1. The predicted molar refractivity (Wildman–Crippen MR) is 96.2 cm³/mol. The molecule has 0 unspecified atom stereocenters. The van der Waals surface area contributed by atoms with Gasteiger partial charge >= 0.3 is 0 Å². The van der Waals surface area contributed by atoms with Crippen molar-refractivity contribution >= 4 is 11.4 Å². The molecule has 1 saturated carbocycles. The largest absolute Gasteiger partial charge is 0.344 e. The Morgan fingerprint density at radius 3 is 2.18 bits per heavy atom. The van der Waals surface area contributed by atoms with Gasteiger partial charge < -0.3 is 4.90 Å². The van der Waals surface area contributed by atoms with Crippen molar-refractivity contribution in [3.05, 3.63) is 59.2 Å². The first-order valence-electron chi connectivity index (χ1n) is 8.56.